The van der Waals surface area contributed by atoms with Gasteiger partial charge in [-0.05, 0) is 229 Å². The van der Waals surface area contributed by atoms with Crippen LogP contribution in [0.4, 0.5) is 0 Å². The first-order chi connectivity index (χ1) is 70.0. The summed E-state index contributed by atoms with van der Waals surface area (Å²) < 4.78 is 0. The standard InChI is InChI=1S/2C32H24.3C26H20/c1-23-12-10-13-24(22-23)27-19-11-21-30-31(27)28-18-8-9-20-29(28)32(30,25-14-4-2-5-15-25)26-16-6-3-7-17-26;1-23-16-21-29-28-14-8-9-15-30(28)32(31(29)22-23,26-12-6-3-7-13-26)27-19-17-25(18-20-27)24-10-4-2-5-11-24;1-19-11-5-8-16-23(19)26(20-12-3-2-4-13-20)24-17-9-6-14-21(24)22-15-7-10-18-25(22)26;1-19-10-9-13-21(18-19)26(20-11-3-2-4-12-20)24-16-7-5-14-22(24)23-15-6-8-17-25(23)26;1-19-15-17-21(18-16-19)26(20-9-3-2-4-10-20)24-13-7-5-11-22(24)23-12-6-8-14-25(23)26/h2*2-22H,1H3;3*2-18H,1H3. The van der Waals surface area contributed by atoms with Gasteiger partial charge in [0.2, 0.25) is 0 Å². The summed E-state index contributed by atoms with van der Waals surface area (Å²) >= 11 is 0. The zero-order valence-corrected chi connectivity index (χ0v) is 80.7. The first-order valence-electron chi connectivity index (χ1n) is 49.8. The molecule has 0 spiro atoms. The lowest BCUT2D eigenvalue weighted by molar-refractivity contribution is 0.761. The fraction of sp³-hybridized carbons (Fsp3) is 0.0704. The summed E-state index contributed by atoms with van der Waals surface area (Å²) in [7, 11) is 0. The zero-order valence-electron chi connectivity index (χ0n) is 80.7. The highest BCUT2D eigenvalue weighted by molar-refractivity contribution is 5.97. The van der Waals surface area contributed by atoms with Crippen molar-refractivity contribution in [1.82, 2.24) is 0 Å². The van der Waals surface area contributed by atoms with Gasteiger partial charge in [0.15, 0.2) is 0 Å². The van der Waals surface area contributed by atoms with E-state index in [1.807, 2.05) is 0 Å². The van der Waals surface area contributed by atoms with Crippen LogP contribution in [0, 0.1) is 34.6 Å². The Bertz CT molecular complexity index is 8170. The second kappa shape index (κ2) is 37.6. The minimum absolute atomic E-state index is 0.262. The van der Waals surface area contributed by atoms with Crippen LogP contribution >= 0.6 is 0 Å². The molecule has 0 heterocycles. The van der Waals surface area contributed by atoms with Crippen LogP contribution in [0.15, 0.2) is 564 Å². The minimum Gasteiger partial charge on any atom is -0.0622 e. The van der Waals surface area contributed by atoms with Gasteiger partial charge in [0.25, 0.3) is 0 Å². The lowest BCUT2D eigenvalue weighted by Gasteiger charge is -2.35. The molecule has 1 unspecified atom stereocenters. The monoisotopic (exact) mass is 1810 g/mol. The largest absolute Gasteiger partial charge is 0.0716 e. The van der Waals surface area contributed by atoms with E-state index in [4.69, 9.17) is 0 Å². The summed E-state index contributed by atoms with van der Waals surface area (Å²) in [5, 5.41) is 0. The molecular formula is C142H108. The minimum atomic E-state index is -0.339. The van der Waals surface area contributed by atoms with Crippen LogP contribution in [0.3, 0.4) is 0 Å². The maximum absolute atomic E-state index is 2.38. The third-order valence-electron chi connectivity index (χ3n) is 30.6. The van der Waals surface area contributed by atoms with Gasteiger partial charge in [0.05, 0.1) is 27.1 Å². The number of aryl methyl sites for hydroxylation is 5. The van der Waals surface area contributed by atoms with E-state index in [2.05, 4.69) is 599 Å². The molecule has 22 aromatic rings. The first kappa shape index (κ1) is 88.8. The Morgan fingerprint density at radius 2 is 0.345 bits per heavy atom. The molecular weight excluding hydrogens is 1710 g/mol. The van der Waals surface area contributed by atoms with Crippen molar-refractivity contribution in [2.45, 2.75) is 61.7 Å². The summed E-state index contributed by atoms with van der Waals surface area (Å²) in [6, 6.07) is 206. The smallest absolute Gasteiger partial charge is 0.0622 e. The van der Waals surface area contributed by atoms with Crippen molar-refractivity contribution < 1.29 is 0 Å². The van der Waals surface area contributed by atoms with Crippen molar-refractivity contribution in [3.63, 3.8) is 0 Å². The molecule has 0 fully saturated rings. The van der Waals surface area contributed by atoms with E-state index in [1.165, 1.54) is 217 Å². The lowest BCUT2D eigenvalue weighted by Crippen LogP contribution is -2.29. The van der Waals surface area contributed by atoms with Crippen LogP contribution in [0.5, 0.6) is 0 Å². The number of rotatable bonds is 12. The lowest BCUT2D eigenvalue weighted by atomic mass is 9.66. The molecule has 0 aromatic heterocycles. The molecule has 0 aliphatic heterocycles. The summed E-state index contributed by atoms with van der Waals surface area (Å²) in [5.41, 5.74) is 50.4. The fourth-order valence-corrected chi connectivity index (χ4v) is 24.7. The van der Waals surface area contributed by atoms with Gasteiger partial charge in [0, 0.05) is 0 Å². The predicted molar refractivity (Wildman–Crippen MR) is 593 cm³/mol. The molecule has 27 rings (SSSR count). The maximum Gasteiger partial charge on any atom is 0.0716 e. The Labute approximate surface area is 836 Å². The summed E-state index contributed by atoms with van der Waals surface area (Å²) in [4.78, 5) is 0. The van der Waals surface area contributed by atoms with Gasteiger partial charge in [-0.1, -0.05) is 586 Å². The molecule has 5 aliphatic carbocycles. The molecule has 0 saturated heterocycles. The highest BCUT2D eigenvalue weighted by Gasteiger charge is 2.52. The Kier molecular flexibility index (Phi) is 23.5. The highest BCUT2D eigenvalue weighted by atomic mass is 14.5. The first-order valence-corrected chi connectivity index (χ1v) is 49.8. The van der Waals surface area contributed by atoms with E-state index < -0.39 is 0 Å². The van der Waals surface area contributed by atoms with Crippen LogP contribution in [0.25, 0.3) is 77.9 Å². The second-order valence-electron chi connectivity index (χ2n) is 38.5. The number of hydrogen-bond donors (Lipinski definition) is 0. The van der Waals surface area contributed by atoms with Crippen molar-refractivity contribution in [3.05, 3.63) is 703 Å². The molecule has 0 bridgehead atoms. The topological polar surface area (TPSA) is 0 Å². The molecule has 0 heteroatoms. The summed E-state index contributed by atoms with van der Waals surface area (Å²) in [6.07, 6.45) is 0. The molecule has 0 saturated carbocycles. The third-order valence-corrected chi connectivity index (χ3v) is 30.6. The Morgan fingerprint density at radius 3 is 0.732 bits per heavy atom. The van der Waals surface area contributed by atoms with Gasteiger partial charge in [0.1, 0.15) is 0 Å². The normalized spacial score (nSPS) is 14.3. The fourth-order valence-electron chi connectivity index (χ4n) is 24.7. The third kappa shape index (κ3) is 14.6. The molecule has 0 amide bonds. The van der Waals surface area contributed by atoms with Gasteiger partial charge in [-0.3, -0.25) is 0 Å². The summed E-state index contributed by atoms with van der Waals surface area (Å²) in [6.45, 7) is 10.9. The van der Waals surface area contributed by atoms with Crippen molar-refractivity contribution in [1.29, 1.82) is 0 Å². The summed E-state index contributed by atoms with van der Waals surface area (Å²) in [5.74, 6) is 0. The quantitative estimate of drug-likeness (QED) is 0.114. The van der Waals surface area contributed by atoms with Crippen LogP contribution in [0.2, 0.25) is 0 Å². The van der Waals surface area contributed by atoms with E-state index in [9.17, 15) is 0 Å². The molecule has 0 N–H and O–H groups in total. The van der Waals surface area contributed by atoms with E-state index >= 15 is 0 Å². The van der Waals surface area contributed by atoms with E-state index in [0.717, 1.165) is 0 Å². The molecule has 676 valence electrons. The SMILES string of the molecule is Cc1ccc(C2(c3ccccc3)c3ccccc3-c3ccccc32)cc1.Cc1ccc2c(c1)C(c1ccccc1)(c1ccc(-c3ccccc3)cc1)c1ccccc1-2.Cc1cccc(-c2cccc3c2-c2ccccc2C3(c2ccccc2)c2ccccc2)c1.Cc1cccc(C2(c3ccccc3)c3ccccc3-c3ccccc32)c1.Cc1ccccc1C1(c2ccccc2)c2ccccc2-c2ccccc21. The zero-order chi connectivity index (χ0) is 95.8. The van der Waals surface area contributed by atoms with Crippen LogP contribution in [-0.4, -0.2) is 0 Å². The Morgan fingerprint density at radius 1 is 0.113 bits per heavy atom. The molecule has 0 nitrogen and oxygen atoms in total. The molecule has 142 heavy (non-hydrogen) atoms. The van der Waals surface area contributed by atoms with Gasteiger partial charge in [-0.15, -0.1) is 0 Å². The van der Waals surface area contributed by atoms with Crippen LogP contribution < -0.4 is 0 Å². The van der Waals surface area contributed by atoms with E-state index in [1.54, 1.807) is 0 Å². The van der Waals surface area contributed by atoms with E-state index in [-0.39, 0.29) is 27.1 Å². The van der Waals surface area contributed by atoms with Gasteiger partial charge >= 0.3 is 0 Å². The number of benzene rings is 22. The predicted octanol–water partition coefficient (Wildman–Crippen LogP) is 35.1. The van der Waals surface area contributed by atoms with Crippen molar-refractivity contribution >= 4 is 0 Å². The highest BCUT2D eigenvalue weighted by Crippen LogP contribution is 2.63. The Balaban J connectivity index is 0.0000000990. The molecule has 1 atom stereocenters. The molecule has 22 aromatic carbocycles. The number of hydrogen-bond acceptors (Lipinski definition) is 0. The van der Waals surface area contributed by atoms with E-state index in [0.29, 0.717) is 0 Å². The molecule has 5 aliphatic rings. The van der Waals surface area contributed by atoms with Crippen molar-refractivity contribution in [2.75, 3.05) is 0 Å². The van der Waals surface area contributed by atoms with Crippen LogP contribution in [-0.2, 0) is 27.1 Å². The molecule has 0 radical (unpaired) electrons. The number of fused-ring (bicyclic) bond motifs is 15. The average molecular weight is 1810 g/mol. The van der Waals surface area contributed by atoms with Crippen molar-refractivity contribution in [3.8, 4) is 77.9 Å². The van der Waals surface area contributed by atoms with Gasteiger partial charge < -0.3 is 0 Å². The van der Waals surface area contributed by atoms with Gasteiger partial charge in [-0.2, -0.15) is 0 Å². The average Bonchev–Trinajstić information content (AvgIpc) is 1.55. The van der Waals surface area contributed by atoms with Crippen molar-refractivity contribution in [2.24, 2.45) is 0 Å². The van der Waals surface area contributed by atoms with Gasteiger partial charge in [-0.25, -0.2) is 0 Å². The second-order valence-corrected chi connectivity index (χ2v) is 38.5. The maximum atomic E-state index is 2.38. The Hall–Kier alpha value is -17.2. The van der Waals surface area contributed by atoms with Crippen LogP contribution in [0.1, 0.15) is 139 Å².